The van der Waals surface area contributed by atoms with E-state index in [1.165, 1.54) is 6.08 Å². The number of hydrogen-bond acceptors (Lipinski definition) is 4. The van der Waals surface area contributed by atoms with Crippen LogP contribution in [-0.2, 0) is 9.53 Å². The fraction of sp³-hybridized carbons (Fsp3) is 0.167. The predicted molar refractivity (Wildman–Crippen MR) is 89.2 cm³/mol. The Hall–Kier alpha value is -2.20. The molecule has 114 valence electrons. The minimum absolute atomic E-state index is 0.309. The largest absolute Gasteiger partial charge is 0.490 e. The van der Waals surface area contributed by atoms with Crippen LogP contribution < -0.4 is 4.74 Å². The Labute approximate surface area is 135 Å². The van der Waals surface area contributed by atoms with Gasteiger partial charge in [-0.25, -0.2) is 4.79 Å². The Morgan fingerprint density at radius 3 is 2.36 bits per heavy atom. The van der Waals surface area contributed by atoms with Crippen LogP contribution in [0.3, 0.4) is 0 Å². The third kappa shape index (κ3) is 5.66. The third-order valence-electron chi connectivity index (χ3n) is 2.81. The Morgan fingerprint density at radius 2 is 1.73 bits per heavy atom. The van der Waals surface area contributed by atoms with Crippen LogP contribution in [0.2, 0.25) is 0 Å². The number of hydrogen-bond donors (Lipinski definition) is 0. The summed E-state index contributed by atoms with van der Waals surface area (Å²) in [6.07, 6.45) is 0.832. The maximum Gasteiger partial charge on any atom is 0.330 e. The number of carbonyl (C=O) groups is 1. The molecule has 0 radical (unpaired) electrons. The van der Waals surface area contributed by atoms with Crippen LogP contribution in [-0.4, -0.2) is 24.4 Å². The van der Waals surface area contributed by atoms with E-state index in [0.29, 0.717) is 12.4 Å². The minimum Gasteiger partial charge on any atom is -0.490 e. The molecule has 0 aliphatic heterocycles. The smallest absolute Gasteiger partial charge is 0.330 e. The summed E-state index contributed by atoms with van der Waals surface area (Å²) in [5, 5.41) is 0. The number of esters is 1. The second kappa shape index (κ2) is 8.95. The highest BCUT2D eigenvalue weighted by Gasteiger charge is 2.14. The van der Waals surface area contributed by atoms with E-state index < -0.39 is 5.97 Å². The fourth-order valence-corrected chi connectivity index (χ4v) is 2.63. The van der Waals surface area contributed by atoms with Crippen LogP contribution in [0.5, 0.6) is 5.75 Å². The molecule has 0 N–H and O–H groups in total. The lowest BCUT2D eigenvalue weighted by molar-refractivity contribution is -0.143. The minimum atomic E-state index is -0.435. The lowest BCUT2D eigenvalue weighted by atomic mass is 10.3. The van der Waals surface area contributed by atoms with Gasteiger partial charge in [0.25, 0.3) is 0 Å². The van der Waals surface area contributed by atoms with Gasteiger partial charge in [0.05, 0.1) is 0 Å². The molecule has 1 atom stereocenters. The summed E-state index contributed by atoms with van der Waals surface area (Å²) < 4.78 is 11.0. The van der Waals surface area contributed by atoms with E-state index in [1.807, 2.05) is 60.7 Å². The Kier molecular flexibility index (Phi) is 6.58. The first-order chi connectivity index (χ1) is 10.8. The van der Waals surface area contributed by atoms with Gasteiger partial charge in [-0.3, -0.25) is 0 Å². The van der Waals surface area contributed by atoms with E-state index in [2.05, 4.69) is 6.58 Å². The normalized spacial score (nSPS) is 11.5. The maximum atomic E-state index is 11.4. The highest BCUT2D eigenvalue weighted by atomic mass is 32.2. The third-order valence-corrected chi connectivity index (χ3v) is 3.95. The standard InChI is InChI=1S/C18H18O3S/c1-2-18(19)21-16(13-20-15-9-5-3-6-10-15)14-22-17-11-7-4-8-12-17/h2-12,16H,1,13-14H2. The van der Waals surface area contributed by atoms with Crippen molar-refractivity contribution in [1.82, 2.24) is 0 Å². The highest BCUT2D eigenvalue weighted by Crippen LogP contribution is 2.20. The number of carbonyl (C=O) groups excluding carboxylic acids is 1. The van der Waals surface area contributed by atoms with Crippen molar-refractivity contribution in [3.8, 4) is 5.75 Å². The molecule has 0 bridgehead atoms. The Morgan fingerprint density at radius 1 is 1.09 bits per heavy atom. The molecule has 0 heterocycles. The summed E-state index contributed by atoms with van der Waals surface area (Å²) in [7, 11) is 0. The number of benzene rings is 2. The van der Waals surface area contributed by atoms with Crippen molar-refractivity contribution in [2.45, 2.75) is 11.0 Å². The second-order valence-corrected chi connectivity index (χ2v) is 5.60. The Bertz CT molecular complexity index is 540. The van der Waals surface area contributed by atoms with Crippen LogP contribution >= 0.6 is 11.8 Å². The molecule has 0 saturated carbocycles. The molecule has 0 saturated heterocycles. The first-order valence-corrected chi connectivity index (χ1v) is 7.95. The van der Waals surface area contributed by atoms with Crippen LogP contribution in [0.1, 0.15) is 0 Å². The summed E-state index contributed by atoms with van der Waals surface area (Å²) >= 11 is 1.62. The van der Waals surface area contributed by atoms with Crippen molar-refractivity contribution >= 4 is 17.7 Å². The van der Waals surface area contributed by atoms with Crippen molar-refractivity contribution < 1.29 is 14.3 Å². The summed E-state index contributed by atoms with van der Waals surface area (Å²) in [5.41, 5.74) is 0. The van der Waals surface area contributed by atoms with E-state index in [0.717, 1.165) is 10.6 Å². The zero-order valence-corrected chi connectivity index (χ0v) is 13.0. The van der Waals surface area contributed by atoms with Crippen LogP contribution in [0, 0.1) is 0 Å². The van der Waals surface area contributed by atoms with Crippen molar-refractivity contribution in [1.29, 1.82) is 0 Å². The molecular formula is C18H18O3S. The quantitative estimate of drug-likeness (QED) is 0.420. The number of rotatable bonds is 8. The summed E-state index contributed by atoms with van der Waals surface area (Å²) in [6, 6.07) is 19.4. The van der Waals surface area contributed by atoms with E-state index in [1.54, 1.807) is 11.8 Å². The van der Waals surface area contributed by atoms with Gasteiger partial charge in [0, 0.05) is 16.7 Å². The maximum absolute atomic E-state index is 11.4. The van der Waals surface area contributed by atoms with Gasteiger partial charge in [-0.05, 0) is 24.3 Å². The molecule has 3 nitrogen and oxygen atoms in total. The molecule has 2 aromatic carbocycles. The van der Waals surface area contributed by atoms with Gasteiger partial charge in [-0.2, -0.15) is 0 Å². The zero-order chi connectivity index (χ0) is 15.6. The van der Waals surface area contributed by atoms with Gasteiger partial charge < -0.3 is 9.47 Å². The van der Waals surface area contributed by atoms with Gasteiger partial charge >= 0.3 is 5.97 Å². The lowest BCUT2D eigenvalue weighted by Gasteiger charge is -2.17. The molecule has 0 fully saturated rings. The van der Waals surface area contributed by atoms with Crippen LogP contribution in [0.15, 0.2) is 78.2 Å². The van der Waals surface area contributed by atoms with Crippen LogP contribution in [0.4, 0.5) is 0 Å². The van der Waals surface area contributed by atoms with E-state index in [-0.39, 0.29) is 6.10 Å². The summed E-state index contributed by atoms with van der Waals surface area (Å²) in [4.78, 5) is 12.6. The molecule has 0 aliphatic rings. The lowest BCUT2D eigenvalue weighted by Crippen LogP contribution is -2.26. The van der Waals surface area contributed by atoms with Gasteiger partial charge in [0.2, 0.25) is 0 Å². The molecule has 0 aliphatic carbocycles. The van der Waals surface area contributed by atoms with Gasteiger partial charge in [-0.15, -0.1) is 11.8 Å². The molecule has 4 heteroatoms. The molecule has 2 rings (SSSR count). The average molecular weight is 314 g/mol. The zero-order valence-electron chi connectivity index (χ0n) is 12.2. The molecule has 0 aromatic heterocycles. The van der Waals surface area contributed by atoms with Crippen LogP contribution in [0.25, 0.3) is 0 Å². The van der Waals surface area contributed by atoms with Crippen molar-refractivity contribution in [2.75, 3.05) is 12.4 Å². The van der Waals surface area contributed by atoms with E-state index in [9.17, 15) is 4.79 Å². The van der Waals surface area contributed by atoms with Gasteiger partial charge in [-0.1, -0.05) is 43.0 Å². The van der Waals surface area contributed by atoms with Crippen molar-refractivity contribution in [3.05, 3.63) is 73.3 Å². The van der Waals surface area contributed by atoms with E-state index >= 15 is 0 Å². The SMILES string of the molecule is C=CC(=O)OC(COc1ccccc1)CSc1ccccc1. The average Bonchev–Trinajstić information content (AvgIpc) is 2.59. The molecule has 0 amide bonds. The molecule has 0 spiro atoms. The number of thioether (sulfide) groups is 1. The molecule has 2 aromatic rings. The first-order valence-electron chi connectivity index (χ1n) is 6.96. The van der Waals surface area contributed by atoms with Crippen molar-refractivity contribution in [2.24, 2.45) is 0 Å². The van der Waals surface area contributed by atoms with Gasteiger partial charge in [0.1, 0.15) is 18.5 Å². The van der Waals surface area contributed by atoms with Crippen molar-refractivity contribution in [3.63, 3.8) is 0 Å². The molecule has 22 heavy (non-hydrogen) atoms. The Balaban J connectivity index is 1.90. The second-order valence-electron chi connectivity index (χ2n) is 4.51. The highest BCUT2D eigenvalue weighted by molar-refractivity contribution is 7.99. The first kappa shape index (κ1) is 16.2. The summed E-state index contributed by atoms with van der Waals surface area (Å²) in [6.45, 7) is 3.74. The van der Waals surface area contributed by atoms with E-state index in [4.69, 9.17) is 9.47 Å². The number of para-hydroxylation sites is 1. The summed E-state index contributed by atoms with van der Waals surface area (Å²) in [5.74, 6) is 0.943. The molecule has 1 unspecified atom stereocenters. The predicted octanol–water partition coefficient (Wildman–Crippen LogP) is 3.96. The molecular weight excluding hydrogens is 296 g/mol. The number of ether oxygens (including phenoxy) is 2. The fourth-order valence-electron chi connectivity index (χ4n) is 1.74. The topological polar surface area (TPSA) is 35.5 Å². The van der Waals surface area contributed by atoms with Gasteiger partial charge in [0.15, 0.2) is 0 Å². The monoisotopic (exact) mass is 314 g/mol.